The van der Waals surface area contributed by atoms with Gasteiger partial charge in [0.05, 0.1) is 4.90 Å². The summed E-state index contributed by atoms with van der Waals surface area (Å²) >= 11 is 0. The Kier molecular flexibility index (Phi) is 6.71. The highest BCUT2D eigenvalue weighted by molar-refractivity contribution is 7.89. The summed E-state index contributed by atoms with van der Waals surface area (Å²) in [5.41, 5.74) is 3.34. The molecular formula is C23H31N3O4S. The summed E-state index contributed by atoms with van der Waals surface area (Å²) in [4.78, 5) is 27.0. The van der Waals surface area contributed by atoms with E-state index in [4.69, 9.17) is 0 Å². The second-order valence-corrected chi connectivity index (χ2v) is 10.2. The Labute approximate surface area is 184 Å². The second kappa shape index (κ2) is 8.96. The molecule has 0 atom stereocenters. The first-order valence-electron chi connectivity index (χ1n) is 10.5. The third-order valence-corrected chi connectivity index (χ3v) is 8.08. The molecule has 0 radical (unpaired) electrons. The van der Waals surface area contributed by atoms with Crippen molar-refractivity contribution < 1.29 is 13.2 Å². The number of hydrogen-bond acceptors (Lipinski definition) is 4. The van der Waals surface area contributed by atoms with Gasteiger partial charge < -0.3 is 9.47 Å². The molecule has 8 heteroatoms. The van der Waals surface area contributed by atoms with Crippen LogP contribution in [0.4, 0.5) is 0 Å². The molecule has 1 aromatic carbocycles. The predicted octanol–water partition coefficient (Wildman–Crippen LogP) is 2.45. The molecular weight excluding hydrogens is 414 g/mol. The van der Waals surface area contributed by atoms with Gasteiger partial charge in [-0.3, -0.25) is 9.59 Å². The van der Waals surface area contributed by atoms with E-state index in [0.29, 0.717) is 37.4 Å². The standard InChI is InChI=1S/C23H31N3O4S/c1-15-13-16(2)18(4)21(17(15)3)31(29,30)24-14-19-8-11-26(12-9-19)23(28)20-7-6-10-25(5)22(20)27/h6-7,10,13,19,24H,8-9,11-12,14H2,1-5H3. The number of rotatable bonds is 5. The van der Waals surface area contributed by atoms with Gasteiger partial charge in [0.25, 0.3) is 11.5 Å². The van der Waals surface area contributed by atoms with E-state index >= 15 is 0 Å². The third kappa shape index (κ3) is 4.75. The maximum absolute atomic E-state index is 13.0. The van der Waals surface area contributed by atoms with Crippen LogP contribution in [0.5, 0.6) is 0 Å². The Morgan fingerprint density at radius 3 is 2.26 bits per heavy atom. The average molecular weight is 446 g/mol. The Balaban J connectivity index is 1.64. The lowest BCUT2D eigenvalue weighted by molar-refractivity contribution is 0.0689. The van der Waals surface area contributed by atoms with Crippen molar-refractivity contribution in [1.82, 2.24) is 14.2 Å². The van der Waals surface area contributed by atoms with Gasteiger partial charge in [0.1, 0.15) is 5.56 Å². The zero-order valence-electron chi connectivity index (χ0n) is 18.9. The summed E-state index contributed by atoms with van der Waals surface area (Å²) in [5, 5.41) is 0. The van der Waals surface area contributed by atoms with E-state index in [1.807, 2.05) is 33.8 Å². The van der Waals surface area contributed by atoms with Crippen molar-refractivity contribution in [3.8, 4) is 0 Å². The van der Waals surface area contributed by atoms with E-state index in [1.54, 1.807) is 30.3 Å². The first kappa shape index (κ1) is 23.2. The van der Waals surface area contributed by atoms with Crippen molar-refractivity contribution in [2.24, 2.45) is 13.0 Å². The average Bonchev–Trinajstić information content (AvgIpc) is 2.73. The van der Waals surface area contributed by atoms with E-state index in [9.17, 15) is 18.0 Å². The van der Waals surface area contributed by atoms with Gasteiger partial charge in [0, 0.05) is 32.9 Å². The molecule has 1 saturated heterocycles. The van der Waals surface area contributed by atoms with Gasteiger partial charge in [-0.15, -0.1) is 0 Å². The number of hydrogen-bond donors (Lipinski definition) is 1. The topological polar surface area (TPSA) is 88.5 Å². The van der Waals surface area contributed by atoms with Crippen molar-refractivity contribution in [2.75, 3.05) is 19.6 Å². The summed E-state index contributed by atoms with van der Waals surface area (Å²) in [6.07, 6.45) is 3.00. The van der Waals surface area contributed by atoms with Crippen LogP contribution < -0.4 is 10.3 Å². The minimum Gasteiger partial charge on any atom is -0.338 e. The Morgan fingerprint density at radius 1 is 1.10 bits per heavy atom. The second-order valence-electron chi connectivity index (χ2n) is 8.51. The number of amides is 1. The lowest BCUT2D eigenvalue weighted by Gasteiger charge is -2.32. The van der Waals surface area contributed by atoms with Gasteiger partial charge in [-0.05, 0) is 80.8 Å². The number of pyridine rings is 1. The number of nitrogens with one attached hydrogen (secondary N) is 1. The number of carbonyl (C=O) groups excluding carboxylic acids is 1. The molecule has 0 spiro atoms. The first-order chi connectivity index (χ1) is 14.5. The lowest BCUT2D eigenvalue weighted by Crippen LogP contribution is -2.43. The fraction of sp³-hybridized carbons (Fsp3) is 0.478. The van der Waals surface area contributed by atoms with Gasteiger partial charge in [-0.25, -0.2) is 13.1 Å². The summed E-state index contributed by atoms with van der Waals surface area (Å²) in [5.74, 6) is -0.120. The Hall–Kier alpha value is -2.45. The minimum absolute atomic E-state index is 0.143. The van der Waals surface area contributed by atoms with Crippen LogP contribution >= 0.6 is 0 Å². The van der Waals surface area contributed by atoms with Crippen LogP contribution in [0.1, 0.15) is 45.5 Å². The molecule has 0 saturated carbocycles. The maximum atomic E-state index is 13.0. The van der Waals surface area contributed by atoms with Crippen molar-refractivity contribution in [3.05, 3.63) is 62.6 Å². The summed E-state index contributed by atoms with van der Waals surface area (Å²) < 4.78 is 30.3. The van der Waals surface area contributed by atoms with Gasteiger partial charge in [0.15, 0.2) is 0 Å². The molecule has 0 bridgehead atoms. The number of sulfonamides is 1. The van der Waals surface area contributed by atoms with Gasteiger partial charge >= 0.3 is 0 Å². The fourth-order valence-electron chi connectivity index (χ4n) is 4.15. The van der Waals surface area contributed by atoms with E-state index in [1.165, 1.54) is 4.57 Å². The van der Waals surface area contributed by atoms with E-state index in [0.717, 1.165) is 22.3 Å². The molecule has 1 aliphatic rings. The summed E-state index contributed by atoms with van der Waals surface area (Å²) in [6, 6.07) is 5.25. The smallest absolute Gasteiger partial charge is 0.263 e. The SMILES string of the molecule is Cc1cc(C)c(C)c(S(=O)(=O)NCC2CCN(C(=O)c3cccn(C)c3=O)CC2)c1C. The van der Waals surface area contributed by atoms with Crippen LogP contribution in [0.25, 0.3) is 0 Å². The molecule has 0 aliphatic carbocycles. The van der Waals surface area contributed by atoms with Crippen molar-refractivity contribution in [1.29, 1.82) is 0 Å². The monoisotopic (exact) mass is 445 g/mol. The van der Waals surface area contributed by atoms with Gasteiger partial charge in [-0.1, -0.05) is 6.07 Å². The van der Waals surface area contributed by atoms with Gasteiger partial charge in [0.2, 0.25) is 10.0 Å². The van der Waals surface area contributed by atoms with Crippen LogP contribution in [0.15, 0.2) is 34.1 Å². The fourth-order valence-corrected chi connectivity index (χ4v) is 5.88. The minimum atomic E-state index is -3.62. The van der Waals surface area contributed by atoms with Crippen LogP contribution in [0, 0.1) is 33.6 Å². The highest BCUT2D eigenvalue weighted by Gasteiger charge is 2.27. The summed E-state index contributed by atoms with van der Waals surface area (Å²) in [7, 11) is -2.00. The molecule has 1 N–H and O–H groups in total. The highest BCUT2D eigenvalue weighted by atomic mass is 32.2. The molecule has 2 heterocycles. The van der Waals surface area contributed by atoms with E-state index < -0.39 is 10.0 Å². The number of carbonyl (C=O) groups is 1. The van der Waals surface area contributed by atoms with Crippen molar-refractivity contribution >= 4 is 15.9 Å². The Morgan fingerprint density at radius 2 is 1.68 bits per heavy atom. The van der Waals surface area contributed by atoms with Crippen LogP contribution in [0.3, 0.4) is 0 Å². The predicted molar refractivity (Wildman–Crippen MR) is 121 cm³/mol. The quantitative estimate of drug-likeness (QED) is 0.766. The maximum Gasteiger partial charge on any atom is 0.263 e. The number of nitrogens with zero attached hydrogens (tertiary/aromatic N) is 2. The molecule has 0 unspecified atom stereocenters. The van der Waals surface area contributed by atoms with E-state index in [-0.39, 0.29) is 22.9 Å². The number of benzene rings is 1. The molecule has 1 amide bonds. The molecule has 31 heavy (non-hydrogen) atoms. The number of piperidine rings is 1. The number of aryl methyl sites for hydroxylation is 3. The van der Waals surface area contributed by atoms with Gasteiger partial charge in [-0.2, -0.15) is 0 Å². The summed E-state index contributed by atoms with van der Waals surface area (Å²) in [6.45, 7) is 8.88. The normalized spacial score (nSPS) is 15.3. The lowest BCUT2D eigenvalue weighted by atomic mass is 9.97. The first-order valence-corrected chi connectivity index (χ1v) is 12.0. The largest absolute Gasteiger partial charge is 0.338 e. The zero-order valence-corrected chi connectivity index (χ0v) is 19.7. The van der Waals surface area contributed by atoms with E-state index in [2.05, 4.69) is 4.72 Å². The van der Waals surface area contributed by atoms with Crippen molar-refractivity contribution in [2.45, 2.75) is 45.4 Å². The van der Waals surface area contributed by atoms with Crippen LogP contribution in [0.2, 0.25) is 0 Å². The zero-order chi connectivity index (χ0) is 22.9. The number of aromatic nitrogens is 1. The van der Waals surface area contributed by atoms with Crippen molar-refractivity contribution in [3.63, 3.8) is 0 Å². The molecule has 1 fully saturated rings. The number of likely N-dealkylation sites (tertiary alicyclic amines) is 1. The molecule has 2 aromatic rings. The van der Waals surface area contributed by atoms with Crippen LogP contribution in [-0.4, -0.2) is 43.4 Å². The molecule has 7 nitrogen and oxygen atoms in total. The highest BCUT2D eigenvalue weighted by Crippen LogP contribution is 2.26. The molecule has 168 valence electrons. The van der Waals surface area contributed by atoms with Crippen LogP contribution in [-0.2, 0) is 17.1 Å². The molecule has 1 aliphatic heterocycles. The molecule has 1 aromatic heterocycles. The Bertz CT molecular complexity index is 1130. The third-order valence-electron chi connectivity index (χ3n) is 6.38. The molecule has 3 rings (SSSR count).